The second-order valence-corrected chi connectivity index (χ2v) is 6.51. The number of aromatic nitrogens is 3. The smallest absolute Gasteiger partial charge is 0.252 e. The van der Waals surface area contributed by atoms with E-state index < -0.39 is 0 Å². The van der Waals surface area contributed by atoms with Crippen LogP contribution in [-0.4, -0.2) is 26.3 Å². The van der Waals surface area contributed by atoms with Crippen LogP contribution < -0.4 is 10.9 Å². The molecule has 0 radical (unpaired) electrons. The van der Waals surface area contributed by atoms with Crippen molar-refractivity contribution in [2.45, 2.75) is 40.3 Å². The Morgan fingerprint density at radius 2 is 1.88 bits per heavy atom. The lowest BCUT2D eigenvalue weighted by atomic mass is 10.1. The van der Waals surface area contributed by atoms with Crippen LogP contribution in [-0.2, 0) is 11.3 Å². The van der Waals surface area contributed by atoms with Gasteiger partial charge in [-0.1, -0.05) is 18.2 Å². The van der Waals surface area contributed by atoms with Gasteiger partial charge in [-0.25, -0.2) is 4.68 Å². The van der Waals surface area contributed by atoms with Gasteiger partial charge in [0.05, 0.1) is 11.4 Å². The number of rotatable bonds is 4. The number of benzene rings is 1. The van der Waals surface area contributed by atoms with Gasteiger partial charge in [0.2, 0.25) is 5.91 Å². The van der Waals surface area contributed by atoms with Gasteiger partial charge >= 0.3 is 0 Å². The lowest BCUT2D eigenvalue weighted by molar-refractivity contribution is -0.122. The molecular formula is C19H22N4O2. The molecule has 25 heavy (non-hydrogen) atoms. The molecule has 0 aliphatic carbocycles. The summed E-state index contributed by atoms with van der Waals surface area (Å²) in [6, 6.07) is 11.2. The van der Waals surface area contributed by atoms with Crippen molar-refractivity contribution in [3.8, 4) is 5.69 Å². The molecule has 3 aromatic rings. The molecule has 1 aromatic carbocycles. The minimum atomic E-state index is -0.207. The zero-order valence-corrected chi connectivity index (χ0v) is 14.9. The van der Waals surface area contributed by atoms with Crippen LogP contribution in [0.3, 0.4) is 0 Å². The number of nitrogens with zero attached hydrogens (tertiary/aromatic N) is 3. The fraction of sp³-hybridized carbons (Fsp3) is 0.316. The quantitative estimate of drug-likeness (QED) is 0.794. The third kappa shape index (κ3) is 3.20. The predicted octanol–water partition coefficient (Wildman–Crippen LogP) is 2.33. The maximum atomic E-state index is 12.6. The molecule has 0 saturated heterocycles. The van der Waals surface area contributed by atoms with Crippen LogP contribution in [0.2, 0.25) is 0 Å². The normalized spacial score (nSPS) is 11.2. The molecule has 130 valence electrons. The summed E-state index contributed by atoms with van der Waals surface area (Å²) in [4.78, 5) is 24.9. The number of hydrogen-bond acceptors (Lipinski definition) is 3. The van der Waals surface area contributed by atoms with Gasteiger partial charge in [-0.3, -0.25) is 14.2 Å². The number of amides is 1. The lowest BCUT2D eigenvalue weighted by Crippen LogP contribution is -2.36. The Morgan fingerprint density at radius 3 is 2.52 bits per heavy atom. The monoisotopic (exact) mass is 338 g/mol. The summed E-state index contributed by atoms with van der Waals surface area (Å²) in [7, 11) is 0. The molecule has 2 heterocycles. The van der Waals surface area contributed by atoms with Crippen molar-refractivity contribution in [1.29, 1.82) is 0 Å². The molecule has 0 bridgehead atoms. The van der Waals surface area contributed by atoms with E-state index in [1.807, 2.05) is 58.0 Å². The van der Waals surface area contributed by atoms with Crippen LogP contribution in [0.1, 0.15) is 25.1 Å². The highest BCUT2D eigenvalue weighted by atomic mass is 16.2. The van der Waals surface area contributed by atoms with E-state index in [9.17, 15) is 9.59 Å². The number of nitrogens with one attached hydrogen (secondary N) is 1. The Hall–Kier alpha value is -2.89. The number of carbonyl (C=O) groups excluding carboxylic acids is 1. The van der Waals surface area contributed by atoms with Gasteiger partial charge in [0.1, 0.15) is 12.2 Å². The fourth-order valence-electron chi connectivity index (χ4n) is 3.08. The van der Waals surface area contributed by atoms with Gasteiger partial charge in [0.15, 0.2) is 0 Å². The van der Waals surface area contributed by atoms with E-state index in [1.165, 1.54) is 4.57 Å². The highest BCUT2D eigenvalue weighted by Gasteiger charge is 2.18. The van der Waals surface area contributed by atoms with E-state index in [4.69, 9.17) is 0 Å². The van der Waals surface area contributed by atoms with Crippen LogP contribution in [0.15, 0.2) is 41.2 Å². The van der Waals surface area contributed by atoms with E-state index in [0.717, 1.165) is 22.3 Å². The Labute approximate surface area is 146 Å². The second-order valence-electron chi connectivity index (χ2n) is 6.51. The van der Waals surface area contributed by atoms with Gasteiger partial charge < -0.3 is 5.32 Å². The molecule has 6 heteroatoms. The van der Waals surface area contributed by atoms with Gasteiger partial charge in [0.25, 0.3) is 5.56 Å². The molecule has 0 fully saturated rings. The third-order valence-electron chi connectivity index (χ3n) is 4.04. The summed E-state index contributed by atoms with van der Waals surface area (Å²) in [5, 5.41) is 8.36. The van der Waals surface area contributed by atoms with Crippen molar-refractivity contribution in [2.75, 3.05) is 0 Å². The number of aryl methyl sites for hydroxylation is 2. The molecule has 0 spiro atoms. The first-order chi connectivity index (χ1) is 11.9. The Kier molecular flexibility index (Phi) is 4.44. The van der Waals surface area contributed by atoms with E-state index in [1.54, 1.807) is 10.7 Å². The van der Waals surface area contributed by atoms with E-state index in [0.29, 0.717) is 5.65 Å². The lowest BCUT2D eigenvalue weighted by Gasteiger charge is -2.13. The van der Waals surface area contributed by atoms with E-state index in [2.05, 4.69) is 10.4 Å². The molecule has 0 atom stereocenters. The number of hydrogen-bond donors (Lipinski definition) is 1. The average molecular weight is 338 g/mol. The van der Waals surface area contributed by atoms with Crippen molar-refractivity contribution in [2.24, 2.45) is 0 Å². The second kappa shape index (κ2) is 6.55. The minimum Gasteiger partial charge on any atom is -0.352 e. The molecule has 0 aliphatic heterocycles. The van der Waals surface area contributed by atoms with Crippen LogP contribution in [0.5, 0.6) is 0 Å². The van der Waals surface area contributed by atoms with E-state index in [-0.39, 0.29) is 24.1 Å². The summed E-state index contributed by atoms with van der Waals surface area (Å²) in [5.74, 6) is -0.194. The average Bonchev–Trinajstić information content (AvgIpc) is 2.89. The maximum Gasteiger partial charge on any atom is 0.252 e. The minimum absolute atomic E-state index is 0.0184. The van der Waals surface area contributed by atoms with Crippen molar-refractivity contribution in [1.82, 2.24) is 19.7 Å². The van der Waals surface area contributed by atoms with Gasteiger partial charge in [0, 0.05) is 17.5 Å². The standard InChI is InChI=1S/C19H22N4O2/c1-12(2)20-16(24)11-22-17(25)10-13(3)18-14(4)21-23(19(18)22)15-8-6-5-7-9-15/h5-10,12H,11H2,1-4H3,(H,20,24). The van der Waals surface area contributed by atoms with Crippen molar-refractivity contribution < 1.29 is 4.79 Å². The highest BCUT2D eigenvalue weighted by molar-refractivity contribution is 5.85. The van der Waals surface area contributed by atoms with E-state index >= 15 is 0 Å². The molecule has 0 saturated carbocycles. The number of pyridine rings is 1. The first-order valence-electron chi connectivity index (χ1n) is 8.33. The maximum absolute atomic E-state index is 12.6. The molecule has 0 unspecified atom stereocenters. The molecule has 0 aliphatic rings. The zero-order chi connectivity index (χ0) is 18.1. The Balaban J connectivity index is 2.26. The van der Waals surface area contributed by atoms with Crippen molar-refractivity contribution in [3.63, 3.8) is 0 Å². The molecule has 2 aromatic heterocycles. The van der Waals surface area contributed by atoms with Crippen molar-refractivity contribution >= 4 is 16.9 Å². The number of para-hydroxylation sites is 1. The predicted molar refractivity (Wildman–Crippen MR) is 98.1 cm³/mol. The van der Waals surface area contributed by atoms with Crippen LogP contribution in [0, 0.1) is 13.8 Å². The summed E-state index contributed by atoms with van der Waals surface area (Å²) in [5.41, 5.74) is 2.98. The van der Waals surface area contributed by atoms with Crippen LogP contribution in [0.25, 0.3) is 16.7 Å². The SMILES string of the molecule is Cc1cc(=O)n(CC(=O)NC(C)C)c2c1c(C)nn2-c1ccccc1. The zero-order valence-electron chi connectivity index (χ0n) is 14.9. The van der Waals surface area contributed by atoms with Gasteiger partial charge in [-0.05, 0) is 45.4 Å². The highest BCUT2D eigenvalue weighted by Crippen LogP contribution is 2.23. The molecule has 1 amide bonds. The fourth-order valence-corrected chi connectivity index (χ4v) is 3.08. The summed E-state index contributed by atoms with van der Waals surface area (Å²) >= 11 is 0. The van der Waals surface area contributed by atoms with Crippen LogP contribution >= 0.6 is 0 Å². The third-order valence-corrected chi connectivity index (χ3v) is 4.04. The molecule has 3 rings (SSSR count). The summed E-state index contributed by atoms with van der Waals surface area (Å²) in [6.45, 7) is 7.56. The first kappa shape index (κ1) is 17.0. The molecular weight excluding hydrogens is 316 g/mol. The Morgan fingerprint density at radius 1 is 1.20 bits per heavy atom. The number of carbonyl (C=O) groups is 1. The van der Waals surface area contributed by atoms with Gasteiger partial charge in [-0.15, -0.1) is 0 Å². The number of fused-ring (bicyclic) bond motifs is 1. The summed E-state index contributed by atoms with van der Waals surface area (Å²) < 4.78 is 3.23. The van der Waals surface area contributed by atoms with Crippen LogP contribution in [0.4, 0.5) is 0 Å². The largest absolute Gasteiger partial charge is 0.352 e. The first-order valence-corrected chi connectivity index (χ1v) is 8.33. The molecule has 1 N–H and O–H groups in total. The van der Waals surface area contributed by atoms with Crippen molar-refractivity contribution in [3.05, 3.63) is 58.0 Å². The topological polar surface area (TPSA) is 68.9 Å². The molecule has 6 nitrogen and oxygen atoms in total. The van der Waals surface area contributed by atoms with Gasteiger partial charge in [-0.2, -0.15) is 5.10 Å². The summed E-state index contributed by atoms with van der Waals surface area (Å²) in [6.07, 6.45) is 0. The Bertz CT molecular complexity index is 984.